The SMILES string of the molecule is CC.CC(CC(=O)c1ccccc1)Cc1ccc(N)cc1.CCCC. The summed E-state index contributed by atoms with van der Waals surface area (Å²) in [6, 6.07) is 17.3. The second-order valence-corrected chi connectivity index (χ2v) is 6.04. The molecule has 0 aliphatic rings. The second-order valence-electron chi connectivity index (χ2n) is 6.04. The van der Waals surface area contributed by atoms with Crippen LogP contribution in [0.3, 0.4) is 0 Å². The van der Waals surface area contributed by atoms with E-state index < -0.39 is 0 Å². The summed E-state index contributed by atoms with van der Waals surface area (Å²) in [4.78, 5) is 12.1. The fraction of sp³-hybridized carbons (Fsp3) is 0.435. The summed E-state index contributed by atoms with van der Waals surface area (Å²) in [5.74, 6) is 0.542. The quantitative estimate of drug-likeness (QED) is 0.478. The molecule has 2 rings (SSSR count). The van der Waals surface area contributed by atoms with Crippen LogP contribution in [0.15, 0.2) is 54.6 Å². The van der Waals surface area contributed by atoms with Crippen molar-refractivity contribution in [1.29, 1.82) is 0 Å². The Morgan fingerprint density at radius 2 is 1.44 bits per heavy atom. The lowest BCUT2D eigenvalue weighted by Gasteiger charge is -2.11. The Bertz CT molecular complexity index is 558. The van der Waals surface area contributed by atoms with Gasteiger partial charge in [0.2, 0.25) is 0 Å². The van der Waals surface area contributed by atoms with Crippen LogP contribution in [-0.4, -0.2) is 5.78 Å². The molecule has 2 aromatic carbocycles. The number of nitrogens with two attached hydrogens (primary N) is 1. The van der Waals surface area contributed by atoms with Gasteiger partial charge >= 0.3 is 0 Å². The Balaban J connectivity index is 0.000000845. The van der Waals surface area contributed by atoms with Gasteiger partial charge in [-0.25, -0.2) is 0 Å². The van der Waals surface area contributed by atoms with Gasteiger partial charge in [-0.15, -0.1) is 0 Å². The Morgan fingerprint density at radius 1 is 0.920 bits per heavy atom. The van der Waals surface area contributed by atoms with E-state index in [0.29, 0.717) is 12.3 Å². The molecule has 2 N–H and O–H groups in total. The number of hydrogen-bond donors (Lipinski definition) is 1. The van der Waals surface area contributed by atoms with Gasteiger partial charge in [-0.1, -0.05) is 89.9 Å². The number of anilines is 1. The number of hydrogen-bond acceptors (Lipinski definition) is 2. The molecule has 0 spiro atoms. The highest BCUT2D eigenvalue weighted by Gasteiger charge is 2.11. The third-order valence-corrected chi connectivity index (χ3v) is 3.69. The molecule has 25 heavy (non-hydrogen) atoms. The summed E-state index contributed by atoms with van der Waals surface area (Å²) in [6.45, 7) is 10.5. The van der Waals surface area contributed by atoms with Crippen molar-refractivity contribution in [1.82, 2.24) is 0 Å². The Labute approximate surface area is 154 Å². The maximum Gasteiger partial charge on any atom is 0.163 e. The first-order valence-corrected chi connectivity index (χ1v) is 9.49. The molecule has 0 bridgehead atoms. The molecular weight excluding hydrogens is 306 g/mol. The summed E-state index contributed by atoms with van der Waals surface area (Å²) < 4.78 is 0. The van der Waals surface area contributed by atoms with Crippen molar-refractivity contribution in [2.45, 2.75) is 60.3 Å². The first-order valence-electron chi connectivity index (χ1n) is 9.49. The normalized spacial score (nSPS) is 10.6. The van der Waals surface area contributed by atoms with Gasteiger partial charge < -0.3 is 5.73 Å². The van der Waals surface area contributed by atoms with Crippen LogP contribution in [0.1, 0.15) is 69.8 Å². The number of nitrogen functional groups attached to an aromatic ring is 1. The minimum absolute atomic E-state index is 0.212. The lowest BCUT2D eigenvalue weighted by Crippen LogP contribution is -2.08. The van der Waals surface area contributed by atoms with Crippen molar-refractivity contribution < 1.29 is 4.79 Å². The van der Waals surface area contributed by atoms with Crippen molar-refractivity contribution >= 4 is 11.5 Å². The van der Waals surface area contributed by atoms with E-state index in [2.05, 4.69) is 20.8 Å². The highest BCUT2D eigenvalue weighted by molar-refractivity contribution is 5.96. The zero-order chi connectivity index (χ0) is 19.1. The van der Waals surface area contributed by atoms with Crippen LogP contribution in [-0.2, 0) is 6.42 Å². The lowest BCUT2D eigenvalue weighted by molar-refractivity contribution is 0.0964. The van der Waals surface area contributed by atoms with Crippen molar-refractivity contribution in [3.63, 3.8) is 0 Å². The zero-order valence-electron chi connectivity index (χ0n) is 16.6. The van der Waals surface area contributed by atoms with Crippen LogP contribution in [0.5, 0.6) is 0 Å². The van der Waals surface area contributed by atoms with Crippen LogP contribution in [0, 0.1) is 5.92 Å². The van der Waals surface area contributed by atoms with Gasteiger partial charge in [-0.2, -0.15) is 0 Å². The number of carbonyl (C=O) groups is 1. The van der Waals surface area contributed by atoms with Gasteiger partial charge in [0, 0.05) is 17.7 Å². The van der Waals surface area contributed by atoms with Crippen LogP contribution < -0.4 is 5.73 Å². The van der Waals surface area contributed by atoms with E-state index in [1.54, 1.807) is 0 Å². The number of carbonyl (C=O) groups excluding carboxylic acids is 1. The van der Waals surface area contributed by atoms with Crippen molar-refractivity contribution in [3.05, 3.63) is 65.7 Å². The van der Waals surface area contributed by atoms with E-state index in [9.17, 15) is 4.79 Å². The Kier molecular flexibility index (Phi) is 13.1. The summed E-state index contributed by atoms with van der Waals surface area (Å²) in [5.41, 5.74) is 8.46. The predicted octanol–water partition coefficient (Wildman–Crippen LogP) is 6.55. The average molecular weight is 342 g/mol. The summed E-state index contributed by atoms with van der Waals surface area (Å²) in [5, 5.41) is 0. The van der Waals surface area contributed by atoms with Crippen LogP contribution in [0.4, 0.5) is 5.69 Å². The summed E-state index contributed by atoms with van der Waals surface area (Å²) in [6.07, 6.45) is 4.12. The molecule has 2 aromatic rings. The Morgan fingerprint density at radius 3 is 1.92 bits per heavy atom. The number of benzene rings is 2. The largest absolute Gasteiger partial charge is 0.399 e. The third kappa shape index (κ3) is 10.4. The zero-order valence-corrected chi connectivity index (χ0v) is 16.6. The van der Waals surface area contributed by atoms with Gasteiger partial charge in [0.1, 0.15) is 0 Å². The summed E-state index contributed by atoms with van der Waals surface area (Å²) in [7, 11) is 0. The molecule has 0 saturated carbocycles. The first-order chi connectivity index (χ1) is 12.1. The maximum atomic E-state index is 12.1. The number of unbranched alkanes of at least 4 members (excludes halogenated alkanes) is 1. The van der Waals surface area contributed by atoms with Gasteiger partial charge in [0.25, 0.3) is 0 Å². The number of Topliss-reactive ketones (excluding diaryl/α,β-unsaturated/α-hetero) is 1. The van der Waals surface area contributed by atoms with Crippen LogP contribution >= 0.6 is 0 Å². The fourth-order valence-corrected chi connectivity index (χ4v) is 2.19. The highest BCUT2D eigenvalue weighted by Crippen LogP contribution is 2.16. The monoisotopic (exact) mass is 341 g/mol. The number of ketones is 1. The van der Waals surface area contributed by atoms with Crippen LogP contribution in [0.25, 0.3) is 0 Å². The molecule has 0 aliphatic carbocycles. The minimum Gasteiger partial charge on any atom is -0.399 e. The van der Waals surface area contributed by atoms with E-state index in [0.717, 1.165) is 17.7 Å². The second kappa shape index (κ2) is 14.3. The van der Waals surface area contributed by atoms with Gasteiger partial charge in [0.05, 0.1) is 0 Å². The smallest absolute Gasteiger partial charge is 0.163 e. The minimum atomic E-state index is 0.212. The van der Waals surface area contributed by atoms with Gasteiger partial charge in [-0.05, 0) is 30.0 Å². The molecule has 0 radical (unpaired) electrons. The van der Waals surface area contributed by atoms with E-state index in [1.165, 1.54) is 18.4 Å². The molecule has 0 aliphatic heterocycles. The van der Waals surface area contributed by atoms with Crippen molar-refractivity contribution in [2.75, 3.05) is 5.73 Å². The molecule has 0 amide bonds. The standard InChI is InChI=1S/C17H19NO.C4H10.C2H6/c1-13(11-14-7-9-16(18)10-8-14)12-17(19)15-5-3-2-4-6-15;1-3-4-2;1-2/h2-10,13H,11-12,18H2,1H3;3-4H2,1-2H3;1-2H3. The molecule has 0 fully saturated rings. The molecule has 138 valence electrons. The molecule has 0 saturated heterocycles. The third-order valence-electron chi connectivity index (χ3n) is 3.69. The molecule has 2 heteroatoms. The van der Waals surface area contributed by atoms with Crippen molar-refractivity contribution in [3.8, 4) is 0 Å². The van der Waals surface area contributed by atoms with Gasteiger partial charge in [0.15, 0.2) is 5.78 Å². The van der Waals surface area contributed by atoms with E-state index in [-0.39, 0.29) is 5.78 Å². The van der Waals surface area contributed by atoms with Crippen LogP contribution in [0.2, 0.25) is 0 Å². The van der Waals surface area contributed by atoms with E-state index in [1.807, 2.05) is 68.4 Å². The molecule has 1 unspecified atom stereocenters. The number of rotatable bonds is 6. The maximum absolute atomic E-state index is 12.1. The Hall–Kier alpha value is -2.09. The van der Waals surface area contributed by atoms with Crippen molar-refractivity contribution in [2.24, 2.45) is 5.92 Å². The molecule has 1 atom stereocenters. The van der Waals surface area contributed by atoms with Gasteiger partial charge in [-0.3, -0.25) is 4.79 Å². The van der Waals surface area contributed by atoms with E-state index in [4.69, 9.17) is 5.73 Å². The molecular formula is C23H35NO. The molecule has 0 heterocycles. The summed E-state index contributed by atoms with van der Waals surface area (Å²) >= 11 is 0. The molecule has 0 aromatic heterocycles. The topological polar surface area (TPSA) is 43.1 Å². The molecule has 2 nitrogen and oxygen atoms in total. The first kappa shape index (κ1) is 22.9. The average Bonchev–Trinajstić information content (AvgIpc) is 2.66. The lowest BCUT2D eigenvalue weighted by atomic mass is 9.94. The fourth-order valence-electron chi connectivity index (χ4n) is 2.19. The van der Waals surface area contributed by atoms with E-state index >= 15 is 0 Å². The highest BCUT2D eigenvalue weighted by atomic mass is 16.1. The predicted molar refractivity (Wildman–Crippen MR) is 111 cm³/mol.